The van der Waals surface area contributed by atoms with E-state index in [9.17, 15) is 0 Å². The summed E-state index contributed by atoms with van der Waals surface area (Å²) in [5.74, 6) is 0. The molecule has 1 unspecified atom stereocenters. The maximum Gasteiger partial charge on any atom is 0.0963 e. The van der Waals surface area contributed by atoms with Gasteiger partial charge in [0.1, 0.15) is 0 Å². The number of thioether (sulfide) groups is 1. The molecule has 0 bridgehead atoms. The summed E-state index contributed by atoms with van der Waals surface area (Å²) in [5, 5.41) is 4.86. The molecule has 0 aliphatic heterocycles. The number of nitrogens with one attached hydrogen (secondary N) is 1. The lowest BCUT2D eigenvalue weighted by molar-refractivity contribution is 0.739. The normalized spacial score (nSPS) is 12.4. The van der Waals surface area contributed by atoms with Crippen LogP contribution in [0.15, 0.2) is 40.5 Å². The first-order valence-electron chi connectivity index (χ1n) is 4.82. The molecule has 82 valence electrons. The second-order valence-electron chi connectivity index (χ2n) is 3.19. The zero-order valence-electron chi connectivity index (χ0n) is 8.74. The Hall–Kier alpha value is -0.320. The first kappa shape index (κ1) is 12.7. The van der Waals surface area contributed by atoms with Crippen LogP contribution in [-0.2, 0) is 0 Å². The summed E-state index contributed by atoms with van der Waals surface area (Å²) in [4.78, 5) is 4.31. The van der Waals surface area contributed by atoms with Crippen LogP contribution in [0.25, 0.3) is 0 Å². The summed E-state index contributed by atoms with van der Waals surface area (Å²) in [6.45, 7) is 7.68. The maximum atomic E-state index is 4.31. The fraction of sp³-hybridized carbons (Fsp3) is 0.364. The van der Waals surface area contributed by atoms with Crippen LogP contribution in [0.3, 0.4) is 0 Å². The van der Waals surface area contributed by atoms with Crippen LogP contribution >= 0.6 is 27.7 Å². The lowest BCUT2D eigenvalue weighted by atomic mass is 10.4. The van der Waals surface area contributed by atoms with E-state index in [4.69, 9.17) is 0 Å². The van der Waals surface area contributed by atoms with Gasteiger partial charge in [-0.1, -0.05) is 13.0 Å². The zero-order valence-corrected chi connectivity index (χ0v) is 11.1. The lowest BCUT2D eigenvalue weighted by Gasteiger charge is -2.10. The van der Waals surface area contributed by atoms with Crippen molar-refractivity contribution >= 4 is 27.7 Å². The van der Waals surface area contributed by atoms with Crippen LogP contribution in [0.1, 0.15) is 6.92 Å². The summed E-state index contributed by atoms with van der Waals surface area (Å²) >= 11 is 5.14. The van der Waals surface area contributed by atoms with Crippen molar-refractivity contribution in [1.82, 2.24) is 10.3 Å². The van der Waals surface area contributed by atoms with Gasteiger partial charge in [-0.05, 0) is 28.1 Å². The van der Waals surface area contributed by atoms with E-state index < -0.39 is 0 Å². The van der Waals surface area contributed by atoms with E-state index >= 15 is 0 Å². The van der Waals surface area contributed by atoms with Gasteiger partial charge in [0.15, 0.2) is 0 Å². The molecule has 0 saturated carbocycles. The highest BCUT2D eigenvalue weighted by molar-refractivity contribution is 9.10. The van der Waals surface area contributed by atoms with Gasteiger partial charge >= 0.3 is 0 Å². The fourth-order valence-corrected chi connectivity index (χ4v) is 2.18. The van der Waals surface area contributed by atoms with Crippen LogP contribution in [0, 0.1) is 0 Å². The van der Waals surface area contributed by atoms with Crippen LogP contribution in [0.4, 0.5) is 0 Å². The molecule has 1 rings (SSSR count). The molecule has 0 spiro atoms. The highest BCUT2D eigenvalue weighted by Crippen LogP contribution is 2.21. The van der Waals surface area contributed by atoms with E-state index in [-0.39, 0.29) is 0 Å². The molecule has 0 fully saturated rings. The molecule has 1 aromatic rings. The van der Waals surface area contributed by atoms with Gasteiger partial charge in [-0.25, -0.2) is 4.98 Å². The Morgan fingerprint density at radius 2 is 2.47 bits per heavy atom. The summed E-state index contributed by atoms with van der Waals surface area (Å²) in [7, 11) is 0. The number of hydrogen-bond donors (Lipinski definition) is 1. The number of halogens is 1. The van der Waals surface area contributed by atoms with Gasteiger partial charge in [-0.2, -0.15) is 0 Å². The van der Waals surface area contributed by atoms with Crippen LogP contribution in [-0.4, -0.2) is 23.3 Å². The van der Waals surface area contributed by atoms with Gasteiger partial charge in [0, 0.05) is 29.0 Å². The van der Waals surface area contributed by atoms with E-state index in [2.05, 4.69) is 39.7 Å². The Balaban J connectivity index is 2.34. The van der Waals surface area contributed by atoms with Crippen molar-refractivity contribution in [3.63, 3.8) is 0 Å². The second-order valence-corrected chi connectivity index (χ2v) is 5.56. The van der Waals surface area contributed by atoms with Gasteiger partial charge in [0.05, 0.1) is 5.03 Å². The van der Waals surface area contributed by atoms with E-state index in [0.29, 0.717) is 5.25 Å². The summed E-state index contributed by atoms with van der Waals surface area (Å²) < 4.78 is 1.02. The Morgan fingerprint density at radius 3 is 3.07 bits per heavy atom. The minimum atomic E-state index is 0.513. The number of pyridine rings is 1. The molecule has 1 N–H and O–H groups in total. The monoisotopic (exact) mass is 286 g/mol. The van der Waals surface area contributed by atoms with Crippen LogP contribution < -0.4 is 5.32 Å². The summed E-state index contributed by atoms with van der Waals surface area (Å²) in [5.41, 5.74) is 0. The third-order valence-electron chi connectivity index (χ3n) is 1.74. The van der Waals surface area contributed by atoms with Gasteiger partial charge in [-0.15, -0.1) is 18.3 Å². The Kier molecular flexibility index (Phi) is 5.98. The smallest absolute Gasteiger partial charge is 0.0963 e. The molecule has 1 atom stereocenters. The minimum Gasteiger partial charge on any atom is -0.312 e. The molecule has 1 heterocycles. The van der Waals surface area contributed by atoms with Crippen molar-refractivity contribution in [2.45, 2.75) is 17.2 Å². The maximum absolute atomic E-state index is 4.31. The largest absolute Gasteiger partial charge is 0.312 e. The molecule has 2 nitrogen and oxygen atoms in total. The Bertz CT molecular complexity index is 300. The van der Waals surface area contributed by atoms with Crippen LogP contribution in [0.5, 0.6) is 0 Å². The molecule has 0 aliphatic rings. The molecule has 0 amide bonds. The van der Waals surface area contributed by atoms with E-state index in [1.54, 1.807) is 11.8 Å². The van der Waals surface area contributed by atoms with Crippen molar-refractivity contribution in [3.8, 4) is 0 Å². The molecule has 0 saturated heterocycles. The van der Waals surface area contributed by atoms with Crippen molar-refractivity contribution < 1.29 is 0 Å². The first-order valence-corrected chi connectivity index (χ1v) is 6.49. The van der Waals surface area contributed by atoms with Crippen LogP contribution in [0.2, 0.25) is 0 Å². The molecular formula is C11H15BrN2S. The quantitative estimate of drug-likeness (QED) is 0.494. The SMILES string of the molecule is C=CCNCC(C)Sc1ccc(Br)cn1. The van der Waals surface area contributed by atoms with Gasteiger partial charge in [0.2, 0.25) is 0 Å². The third kappa shape index (κ3) is 5.35. The first-order chi connectivity index (χ1) is 7.22. The van der Waals surface area contributed by atoms with E-state index in [1.165, 1.54) is 0 Å². The van der Waals surface area contributed by atoms with E-state index in [0.717, 1.165) is 22.6 Å². The zero-order chi connectivity index (χ0) is 11.1. The average molecular weight is 287 g/mol. The predicted molar refractivity (Wildman–Crippen MR) is 70.3 cm³/mol. The molecule has 0 aromatic carbocycles. The average Bonchev–Trinajstić information content (AvgIpc) is 2.22. The van der Waals surface area contributed by atoms with Crippen molar-refractivity contribution in [2.24, 2.45) is 0 Å². The van der Waals surface area contributed by atoms with Crippen molar-refractivity contribution in [1.29, 1.82) is 0 Å². The van der Waals surface area contributed by atoms with E-state index in [1.807, 2.05) is 24.4 Å². The molecule has 0 aliphatic carbocycles. The van der Waals surface area contributed by atoms with Gasteiger partial charge in [-0.3, -0.25) is 0 Å². The predicted octanol–water partition coefficient (Wildman–Crippen LogP) is 3.10. The standard InChI is InChI=1S/C11H15BrN2S/c1-3-6-13-7-9(2)15-11-5-4-10(12)8-14-11/h3-5,8-9,13H,1,6-7H2,2H3. The lowest BCUT2D eigenvalue weighted by Crippen LogP contribution is -2.22. The fourth-order valence-electron chi connectivity index (χ4n) is 1.07. The summed E-state index contributed by atoms with van der Waals surface area (Å²) in [6, 6.07) is 4.04. The summed E-state index contributed by atoms with van der Waals surface area (Å²) in [6.07, 6.45) is 3.70. The number of aromatic nitrogens is 1. The highest BCUT2D eigenvalue weighted by Gasteiger charge is 2.04. The topological polar surface area (TPSA) is 24.9 Å². The minimum absolute atomic E-state index is 0.513. The molecule has 0 radical (unpaired) electrons. The van der Waals surface area contributed by atoms with Gasteiger partial charge < -0.3 is 5.32 Å². The molecule has 1 aromatic heterocycles. The second kappa shape index (κ2) is 7.04. The molecule has 15 heavy (non-hydrogen) atoms. The third-order valence-corrected chi connectivity index (χ3v) is 3.26. The van der Waals surface area contributed by atoms with Crippen molar-refractivity contribution in [2.75, 3.05) is 13.1 Å². The Morgan fingerprint density at radius 1 is 1.67 bits per heavy atom. The number of nitrogens with zero attached hydrogens (tertiary/aromatic N) is 1. The highest BCUT2D eigenvalue weighted by atomic mass is 79.9. The number of hydrogen-bond acceptors (Lipinski definition) is 3. The molecule has 4 heteroatoms. The van der Waals surface area contributed by atoms with Gasteiger partial charge in [0.25, 0.3) is 0 Å². The molecular weight excluding hydrogens is 272 g/mol. The number of rotatable bonds is 6. The Labute approximate surface area is 104 Å². The van der Waals surface area contributed by atoms with Crippen molar-refractivity contribution in [3.05, 3.63) is 35.5 Å².